The summed E-state index contributed by atoms with van der Waals surface area (Å²) in [4.78, 5) is 72.7. The van der Waals surface area contributed by atoms with Crippen molar-refractivity contribution in [3.63, 3.8) is 0 Å². The number of unbranched alkanes of at least 4 members (excludes halogenated alkanes) is 43. The Morgan fingerprint density at radius 2 is 0.495 bits per heavy atom. The van der Waals surface area contributed by atoms with Crippen LogP contribution in [0.25, 0.3) is 0 Å². The highest BCUT2D eigenvalue weighted by Crippen LogP contribution is 2.45. The number of hydrogen-bond donors (Lipinski definition) is 3. The summed E-state index contributed by atoms with van der Waals surface area (Å²) in [5.41, 5.74) is 0. The van der Waals surface area contributed by atoms with Gasteiger partial charge in [0, 0.05) is 25.7 Å². The molecule has 0 aromatic rings. The molecule has 0 saturated carbocycles. The molecule has 17 nitrogen and oxygen atoms in total. The standard InChI is InChI=1S/C74H144O17P2/c1-7-9-11-13-15-17-25-34-40-46-52-58-73(78)90-69(62-84-71(76)56-50-44-38-32-18-16-14-12-10-8-2)64-88-92(80,81)86-60-68(75)61-87-93(82,83)89-65-70(63-85-72(77)57-51-45-39-33-29-24-27-31-37-43-49-55-67(5)6)91-74(79)59-53-47-41-35-28-23-21-19-20-22-26-30-36-42-48-54-66(3)4/h66-70,75H,7-65H2,1-6H3,(H,80,81)(H,82,83)/t68-,69+,70+/m0/s1. The van der Waals surface area contributed by atoms with Crippen molar-refractivity contribution in [1.29, 1.82) is 0 Å². The monoisotopic (exact) mass is 1370 g/mol. The Hall–Kier alpha value is -1.94. The van der Waals surface area contributed by atoms with Crippen molar-refractivity contribution in [3.8, 4) is 0 Å². The number of hydrogen-bond acceptors (Lipinski definition) is 15. The Balaban J connectivity index is 5.23. The van der Waals surface area contributed by atoms with Gasteiger partial charge in [0.15, 0.2) is 12.2 Å². The van der Waals surface area contributed by atoms with Gasteiger partial charge in [-0.05, 0) is 37.5 Å². The van der Waals surface area contributed by atoms with Crippen LogP contribution in [0, 0.1) is 11.8 Å². The molecule has 0 spiro atoms. The summed E-state index contributed by atoms with van der Waals surface area (Å²) < 4.78 is 68.4. The zero-order valence-corrected chi connectivity index (χ0v) is 62.3. The first-order valence-electron chi connectivity index (χ1n) is 38.5. The first-order valence-corrected chi connectivity index (χ1v) is 41.5. The molecule has 0 aromatic heterocycles. The Labute approximate surface area is 568 Å². The van der Waals surface area contributed by atoms with E-state index in [1.165, 1.54) is 199 Å². The third kappa shape index (κ3) is 68.4. The van der Waals surface area contributed by atoms with Gasteiger partial charge in [-0.3, -0.25) is 37.3 Å². The number of esters is 4. The zero-order chi connectivity index (χ0) is 68.6. The van der Waals surface area contributed by atoms with Crippen LogP contribution < -0.4 is 0 Å². The van der Waals surface area contributed by atoms with E-state index in [0.717, 1.165) is 102 Å². The average molecular weight is 1370 g/mol. The molecular formula is C74H144O17P2. The van der Waals surface area contributed by atoms with Crippen molar-refractivity contribution in [2.75, 3.05) is 39.6 Å². The fourth-order valence-corrected chi connectivity index (χ4v) is 12.9. The van der Waals surface area contributed by atoms with Crippen molar-refractivity contribution in [1.82, 2.24) is 0 Å². The van der Waals surface area contributed by atoms with Gasteiger partial charge < -0.3 is 33.8 Å². The number of aliphatic hydroxyl groups is 1. The molecule has 0 bridgehead atoms. The maximum Gasteiger partial charge on any atom is 0.472 e. The first-order chi connectivity index (χ1) is 44.9. The normalized spacial score (nSPS) is 14.1. The summed E-state index contributed by atoms with van der Waals surface area (Å²) >= 11 is 0. The second-order valence-electron chi connectivity index (χ2n) is 27.6. The van der Waals surface area contributed by atoms with Gasteiger partial charge in [0.1, 0.15) is 19.3 Å². The second kappa shape index (κ2) is 66.0. The number of rotatable bonds is 73. The summed E-state index contributed by atoms with van der Waals surface area (Å²) in [7, 11) is -9.90. The van der Waals surface area contributed by atoms with Crippen molar-refractivity contribution >= 4 is 39.5 Å². The minimum Gasteiger partial charge on any atom is -0.462 e. The summed E-state index contributed by atoms with van der Waals surface area (Å²) in [6, 6.07) is 0. The van der Waals surface area contributed by atoms with Crippen LogP contribution in [0.5, 0.6) is 0 Å². The molecule has 0 fully saturated rings. The summed E-state index contributed by atoms with van der Waals surface area (Å²) in [6.45, 7) is 9.60. The van der Waals surface area contributed by atoms with E-state index in [0.29, 0.717) is 25.7 Å². The topological polar surface area (TPSA) is 237 Å². The molecule has 0 aromatic carbocycles. The molecule has 552 valence electrons. The number of phosphoric ester groups is 2. The van der Waals surface area contributed by atoms with Gasteiger partial charge in [-0.2, -0.15) is 0 Å². The number of phosphoric acid groups is 2. The lowest BCUT2D eigenvalue weighted by atomic mass is 10.0. The average Bonchev–Trinajstić information content (AvgIpc) is 3.48. The van der Waals surface area contributed by atoms with Crippen LogP contribution in [0.1, 0.15) is 382 Å². The van der Waals surface area contributed by atoms with Gasteiger partial charge in [-0.15, -0.1) is 0 Å². The first kappa shape index (κ1) is 91.1. The Bertz CT molecular complexity index is 1800. The van der Waals surface area contributed by atoms with E-state index in [1.807, 2.05) is 0 Å². The maximum atomic E-state index is 13.1. The van der Waals surface area contributed by atoms with Crippen molar-refractivity contribution in [2.24, 2.45) is 11.8 Å². The Kier molecular flexibility index (Phi) is 64.6. The van der Waals surface area contributed by atoms with Crippen LogP contribution >= 0.6 is 15.6 Å². The maximum absolute atomic E-state index is 13.1. The predicted octanol–water partition coefficient (Wildman–Crippen LogP) is 21.6. The molecule has 5 atom stereocenters. The van der Waals surface area contributed by atoms with Gasteiger partial charge in [-0.1, -0.05) is 330 Å². The molecule has 93 heavy (non-hydrogen) atoms. The molecule has 0 aliphatic rings. The van der Waals surface area contributed by atoms with E-state index in [2.05, 4.69) is 41.5 Å². The van der Waals surface area contributed by atoms with E-state index >= 15 is 0 Å². The van der Waals surface area contributed by atoms with Crippen LogP contribution in [0.2, 0.25) is 0 Å². The smallest absolute Gasteiger partial charge is 0.462 e. The van der Waals surface area contributed by atoms with E-state index in [4.69, 9.17) is 37.0 Å². The van der Waals surface area contributed by atoms with Gasteiger partial charge in [0.05, 0.1) is 26.4 Å². The van der Waals surface area contributed by atoms with Crippen LogP contribution in [-0.2, 0) is 65.4 Å². The highest BCUT2D eigenvalue weighted by molar-refractivity contribution is 7.47. The van der Waals surface area contributed by atoms with Crippen molar-refractivity contribution in [2.45, 2.75) is 400 Å². The fraction of sp³-hybridized carbons (Fsp3) is 0.946. The van der Waals surface area contributed by atoms with Crippen LogP contribution in [0.4, 0.5) is 0 Å². The molecule has 19 heteroatoms. The number of carbonyl (C=O) groups is 4. The summed E-state index contributed by atoms with van der Waals surface area (Å²) in [6.07, 6.45) is 52.6. The summed E-state index contributed by atoms with van der Waals surface area (Å²) in [5, 5.41) is 10.6. The minimum atomic E-state index is -4.96. The molecule has 0 saturated heterocycles. The lowest BCUT2D eigenvalue weighted by Gasteiger charge is -2.21. The largest absolute Gasteiger partial charge is 0.472 e. The predicted molar refractivity (Wildman–Crippen MR) is 377 cm³/mol. The molecule has 0 radical (unpaired) electrons. The van der Waals surface area contributed by atoms with Gasteiger partial charge in [-0.25, -0.2) is 9.13 Å². The highest BCUT2D eigenvalue weighted by atomic mass is 31.2. The Morgan fingerprint density at radius 1 is 0.290 bits per heavy atom. The molecule has 0 aliphatic heterocycles. The quantitative estimate of drug-likeness (QED) is 0.0222. The number of ether oxygens (including phenoxy) is 4. The fourth-order valence-electron chi connectivity index (χ4n) is 11.3. The molecular weight excluding hydrogens is 1220 g/mol. The third-order valence-corrected chi connectivity index (χ3v) is 19.1. The zero-order valence-electron chi connectivity index (χ0n) is 60.6. The van der Waals surface area contributed by atoms with Gasteiger partial charge in [0.25, 0.3) is 0 Å². The van der Waals surface area contributed by atoms with E-state index in [9.17, 15) is 43.2 Å². The van der Waals surface area contributed by atoms with Gasteiger partial charge in [0.2, 0.25) is 0 Å². The van der Waals surface area contributed by atoms with Crippen LogP contribution in [0.15, 0.2) is 0 Å². The molecule has 0 heterocycles. The number of carbonyl (C=O) groups excluding carboxylic acids is 4. The molecule has 0 aliphatic carbocycles. The van der Waals surface area contributed by atoms with Crippen molar-refractivity contribution < 1.29 is 80.2 Å². The molecule has 2 unspecified atom stereocenters. The van der Waals surface area contributed by atoms with E-state index < -0.39 is 97.5 Å². The van der Waals surface area contributed by atoms with Gasteiger partial charge >= 0.3 is 39.5 Å². The van der Waals surface area contributed by atoms with Crippen molar-refractivity contribution in [3.05, 3.63) is 0 Å². The SMILES string of the molecule is CCCCCCCCCCCCCC(=O)O[C@H](COC(=O)CCCCCCCCCCCC)COP(=O)(O)OC[C@H](O)COP(=O)(O)OC[C@@H](COC(=O)CCCCCCCCCCCCCC(C)C)OC(=O)CCCCCCCCCCCCCCCCCC(C)C. The highest BCUT2D eigenvalue weighted by Gasteiger charge is 2.30. The van der Waals surface area contributed by atoms with Crippen LogP contribution in [-0.4, -0.2) is 96.7 Å². The summed E-state index contributed by atoms with van der Waals surface area (Å²) in [5.74, 6) is -0.544. The lowest BCUT2D eigenvalue weighted by Crippen LogP contribution is -2.30. The minimum absolute atomic E-state index is 0.107. The Morgan fingerprint density at radius 3 is 0.731 bits per heavy atom. The second-order valence-corrected chi connectivity index (χ2v) is 30.5. The molecule has 0 rings (SSSR count). The van der Waals surface area contributed by atoms with Crippen LogP contribution in [0.3, 0.4) is 0 Å². The van der Waals surface area contributed by atoms with E-state index in [1.54, 1.807) is 0 Å². The molecule has 3 N–H and O–H groups in total. The third-order valence-electron chi connectivity index (χ3n) is 17.2. The lowest BCUT2D eigenvalue weighted by molar-refractivity contribution is -0.161. The number of aliphatic hydroxyl groups excluding tert-OH is 1. The molecule has 0 amide bonds. The van der Waals surface area contributed by atoms with E-state index in [-0.39, 0.29) is 25.7 Å².